The van der Waals surface area contributed by atoms with E-state index in [-0.39, 0.29) is 6.04 Å². The van der Waals surface area contributed by atoms with Gasteiger partial charge in [-0.25, -0.2) is 0 Å². The molecule has 0 saturated carbocycles. The molecule has 1 heterocycles. The number of nitrogens with two attached hydrogens (primary N) is 2. The van der Waals surface area contributed by atoms with Gasteiger partial charge in [-0.2, -0.15) is 0 Å². The molecule has 0 spiro atoms. The first-order valence-electron chi connectivity index (χ1n) is 4.16. The van der Waals surface area contributed by atoms with Gasteiger partial charge in [-0.1, -0.05) is 17.7 Å². The second kappa shape index (κ2) is 3.09. The van der Waals surface area contributed by atoms with Crippen LogP contribution < -0.4 is 16.2 Å². The summed E-state index contributed by atoms with van der Waals surface area (Å²) in [6.07, 6.45) is 0.827. The van der Waals surface area contributed by atoms with Crippen LogP contribution in [0.2, 0.25) is 5.02 Å². The Hall–Kier alpha value is -0.930. The van der Waals surface area contributed by atoms with E-state index in [1.165, 1.54) is 0 Å². The lowest BCUT2D eigenvalue weighted by Crippen LogP contribution is -2.20. The van der Waals surface area contributed by atoms with Gasteiger partial charge in [0.15, 0.2) is 0 Å². The third kappa shape index (κ3) is 1.34. The summed E-state index contributed by atoms with van der Waals surface area (Å²) >= 11 is 5.97. The van der Waals surface area contributed by atoms with Gasteiger partial charge in [-0.05, 0) is 6.07 Å². The Morgan fingerprint density at radius 1 is 1.46 bits per heavy atom. The highest BCUT2D eigenvalue weighted by Gasteiger charge is 2.21. The van der Waals surface area contributed by atoms with Crippen LogP contribution in [0.15, 0.2) is 12.1 Å². The smallest absolute Gasteiger partial charge is 0.144 e. The summed E-state index contributed by atoms with van der Waals surface area (Å²) in [4.78, 5) is 0. The van der Waals surface area contributed by atoms with E-state index in [1.807, 2.05) is 6.07 Å². The van der Waals surface area contributed by atoms with Gasteiger partial charge in [-0.3, -0.25) is 0 Å². The maximum Gasteiger partial charge on any atom is 0.144 e. The van der Waals surface area contributed by atoms with E-state index in [9.17, 15) is 0 Å². The number of hydrogen-bond donors (Lipinski definition) is 2. The molecule has 0 saturated heterocycles. The van der Waals surface area contributed by atoms with Crippen LogP contribution >= 0.6 is 11.6 Å². The Morgan fingerprint density at radius 2 is 2.23 bits per heavy atom. The molecule has 0 amide bonds. The van der Waals surface area contributed by atoms with Crippen molar-refractivity contribution in [3.8, 4) is 5.75 Å². The second-order valence-corrected chi connectivity index (χ2v) is 3.51. The monoisotopic (exact) mass is 198 g/mol. The highest BCUT2D eigenvalue weighted by Crippen LogP contribution is 2.39. The lowest BCUT2D eigenvalue weighted by Gasteiger charge is -2.24. The van der Waals surface area contributed by atoms with Crippen LogP contribution in [-0.4, -0.2) is 6.61 Å². The number of nitrogen functional groups attached to an aromatic ring is 1. The molecule has 2 rings (SSSR count). The van der Waals surface area contributed by atoms with Crippen LogP contribution in [0.1, 0.15) is 18.0 Å². The van der Waals surface area contributed by atoms with Crippen LogP contribution in [0, 0.1) is 0 Å². The van der Waals surface area contributed by atoms with Gasteiger partial charge in [0.2, 0.25) is 0 Å². The Balaban J connectivity index is 2.56. The van der Waals surface area contributed by atoms with Gasteiger partial charge in [0, 0.05) is 18.0 Å². The fourth-order valence-corrected chi connectivity index (χ4v) is 1.70. The zero-order valence-corrected chi connectivity index (χ0v) is 7.84. The molecule has 1 unspecified atom stereocenters. The Labute approximate surface area is 81.6 Å². The van der Waals surface area contributed by atoms with E-state index in [0.29, 0.717) is 23.1 Å². The number of halogens is 1. The molecule has 1 aliphatic heterocycles. The summed E-state index contributed by atoms with van der Waals surface area (Å²) in [6.45, 7) is 0.608. The lowest BCUT2D eigenvalue weighted by atomic mass is 10.0. The maximum atomic E-state index is 5.97. The number of anilines is 1. The summed E-state index contributed by atoms with van der Waals surface area (Å²) in [5, 5.41) is 0.479. The minimum absolute atomic E-state index is 0.0156. The van der Waals surface area contributed by atoms with Crippen molar-refractivity contribution in [1.29, 1.82) is 0 Å². The highest BCUT2D eigenvalue weighted by atomic mass is 35.5. The number of fused-ring (bicyclic) bond motifs is 1. The zero-order chi connectivity index (χ0) is 9.42. The van der Waals surface area contributed by atoms with Crippen molar-refractivity contribution >= 4 is 17.3 Å². The minimum atomic E-state index is 0.0156. The van der Waals surface area contributed by atoms with E-state index in [4.69, 9.17) is 27.8 Å². The third-order valence-electron chi connectivity index (χ3n) is 2.23. The van der Waals surface area contributed by atoms with E-state index >= 15 is 0 Å². The summed E-state index contributed by atoms with van der Waals surface area (Å²) in [6, 6.07) is 3.65. The van der Waals surface area contributed by atoms with Crippen molar-refractivity contribution in [2.75, 3.05) is 12.3 Å². The maximum absolute atomic E-state index is 5.97. The molecule has 4 N–H and O–H groups in total. The standard InChI is InChI=1S/C9H11ClN2O/c10-8-7(12)2-1-5-6(11)3-4-13-9(5)8/h1-2,6H,3-4,11-12H2. The summed E-state index contributed by atoms with van der Waals surface area (Å²) in [5.41, 5.74) is 13.0. The minimum Gasteiger partial charge on any atom is -0.492 e. The molecule has 13 heavy (non-hydrogen) atoms. The Morgan fingerprint density at radius 3 is 3.00 bits per heavy atom. The fraction of sp³-hybridized carbons (Fsp3) is 0.333. The lowest BCUT2D eigenvalue weighted by molar-refractivity contribution is 0.269. The SMILES string of the molecule is Nc1ccc2c(c1Cl)OCCC2N. The van der Waals surface area contributed by atoms with Crippen molar-refractivity contribution < 1.29 is 4.74 Å². The Kier molecular flexibility index (Phi) is 2.06. The molecule has 1 atom stereocenters. The molecule has 0 aromatic heterocycles. The molecule has 70 valence electrons. The van der Waals surface area contributed by atoms with E-state index in [0.717, 1.165) is 12.0 Å². The quantitative estimate of drug-likeness (QED) is 0.624. The van der Waals surface area contributed by atoms with Crippen molar-refractivity contribution in [1.82, 2.24) is 0 Å². The van der Waals surface area contributed by atoms with Crippen LogP contribution in [-0.2, 0) is 0 Å². The molecule has 0 bridgehead atoms. The number of rotatable bonds is 0. The van der Waals surface area contributed by atoms with Gasteiger partial charge < -0.3 is 16.2 Å². The average Bonchev–Trinajstić information content (AvgIpc) is 2.12. The largest absolute Gasteiger partial charge is 0.492 e. The molecule has 1 aliphatic rings. The number of hydrogen-bond acceptors (Lipinski definition) is 3. The van der Waals surface area contributed by atoms with Crippen molar-refractivity contribution in [2.45, 2.75) is 12.5 Å². The van der Waals surface area contributed by atoms with E-state index in [1.54, 1.807) is 6.07 Å². The number of benzene rings is 1. The van der Waals surface area contributed by atoms with Gasteiger partial charge >= 0.3 is 0 Å². The second-order valence-electron chi connectivity index (χ2n) is 3.13. The summed E-state index contributed by atoms with van der Waals surface area (Å²) in [5.74, 6) is 0.653. The molecule has 0 fully saturated rings. The Bertz CT molecular complexity index is 341. The molecule has 1 aromatic carbocycles. The van der Waals surface area contributed by atoms with Gasteiger partial charge in [0.25, 0.3) is 0 Å². The molecule has 1 aromatic rings. The van der Waals surface area contributed by atoms with Crippen LogP contribution in [0.25, 0.3) is 0 Å². The molecule has 3 nitrogen and oxygen atoms in total. The predicted molar refractivity (Wildman–Crippen MR) is 52.9 cm³/mol. The van der Waals surface area contributed by atoms with E-state index in [2.05, 4.69) is 0 Å². The topological polar surface area (TPSA) is 61.3 Å². The first-order valence-corrected chi connectivity index (χ1v) is 4.54. The molecular formula is C9H11ClN2O. The molecule has 0 radical (unpaired) electrons. The number of ether oxygens (including phenoxy) is 1. The van der Waals surface area contributed by atoms with Crippen LogP contribution in [0.4, 0.5) is 5.69 Å². The van der Waals surface area contributed by atoms with Gasteiger partial charge in [-0.15, -0.1) is 0 Å². The van der Waals surface area contributed by atoms with Crippen LogP contribution in [0.3, 0.4) is 0 Å². The van der Waals surface area contributed by atoms with Crippen molar-refractivity contribution in [3.63, 3.8) is 0 Å². The molecule has 0 aliphatic carbocycles. The first kappa shape index (κ1) is 8.66. The third-order valence-corrected chi connectivity index (χ3v) is 2.62. The van der Waals surface area contributed by atoms with Gasteiger partial charge in [0.05, 0.1) is 12.3 Å². The normalized spacial score (nSPS) is 20.6. The average molecular weight is 199 g/mol. The van der Waals surface area contributed by atoms with Crippen molar-refractivity contribution in [2.24, 2.45) is 5.73 Å². The fourth-order valence-electron chi connectivity index (χ4n) is 1.47. The predicted octanol–water partition coefficient (Wildman–Crippen LogP) is 1.70. The highest BCUT2D eigenvalue weighted by molar-refractivity contribution is 6.34. The van der Waals surface area contributed by atoms with Crippen LogP contribution in [0.5, 0.6) is 5.75 Å². The molecule has 4 heteroatoms. The zero-order valence-electron chi connectivity index (χ0n) is 7.09. The molecular weight excluding hydrogens is 188 g/mol. The van der Waals surface area contributed by atoms with Crippen molar-refractivity contribution in [3.05, 3.63) is 22.7 Å². The summed E-state index contributed by atoms with van der Waals surface area (Å²) in [7, 11) is 0. The first-order chi connectivity index (χ1) is 6.20. The summed E-state index contributed by atoms with van der Waals surface area (Å²) < 4.78 is 5.41. The van der Waals surface area contributed by atoms with Gasteiger partial charge in [0.1, 0.15) is 10.8 Å². The van der Waals surface area contributed by atoms with E-state index < -0.39 is 0 Å².